The molecule has 2 aliphatic heterocycles. The second kappa shape index (κ2) is 6.76. The van der Waals surface area contributed by atoms with Crippen LogP contribution in [0.2, 0.25) is 0 Å². The van der Waals surface area contributed by atoms with E-state index in [1.165, 1.54) is 16.8 Å². The summed E-state index contributed by atoms with van der Waals surface area (Å²) in [5.74, 6) is -0.303. The number of aryl methyl sites for hydroxylation is 3. The van der Waals surface area contributed by atoms with E-state index in [0.717, 1.165) is 66.6 Å². The van der Waals surface area contributed by atoms with E-state index < -0.39 is 0 Å². The third kappa shape index (κ3) is 2.92. The lowest BCUT2D eigenvalue weighted by molar-refractivity contribution is 0.102. The van der Waals surface area contributed by atoms with Crippen LogP contribution in [0, 0.1) is 19.3 Å². The molecule has 2 aliphatic rings. The van der Waals surface area contributed by atoms with E-state index in [1.807, 2.05) is 38.1 Å². The van der Waals surface area contributed by atoms with Crippen molar-refractivity contribution in [2.75, 3.05) is 23.3 Å². The van der Waals surface area contributed by atoms with Crippen molar-refractivity contribution in [3.8, 4) is 0 Å². The Morgan fingerprint density at radius 1 is 1.14 bits per heavy atom. The van der Waals surface area contributed by atoms with Crippen molar-refractivity contribution in [3.05, 3.63) is 63.7 Å². The Bertz CT molecular complexity index is 1210. The van der Waals surface area contributed by atoms with Crippen molar-refractivity contribution in [2.45, 2.75) is 39.5 Å². The predicted octanol–water partition coefficient (Wildman–Crippen LogP) is 4.48. The number of carbonyl (C=O) groups is 1. The molecule has 3 heterocycles. The van der Waals surface area contributed by atoms with E-state index in [4.69, 9.17) is 9.83 Å². The van der Waals surface area contributed by atoms with Gasteiger partial charge in [-0.2, -0.15) is 0 Å². The highest BCUT2D eigenvalue weighted by Gasteiger charge is 2.27. The number of nitrogens with one attached hydrogen (secondary N) is 2. The lowest BCUT2D eigenvalue weighted by Crippen LogP contribution is -2.34. The smallest absolute Gasteiger partial charge is 0.261 e. The van der Waals surface area contributed by atoms with Gasteiger partial charge >= 0.3 is 0 Å². The summed E-state index contributed by atoms with van der Waals surface area (Å²) in [6, 6.07) is 9.81. The Labute approximate surface area is 169 Å². The summed E-state index contributed by atoms with van der Waals surface area (Å²) >= 11 is 0. The number of nitrogens with zero attached hydrogens (tertiary/aromatic N) is 1. The quantitative estimate of drug-likeness (QED) is 0.681. The molecule has 1 aromatic heterocycles. The zero-order valence-electron chi connectivity index (χ0n) is 16.9. The normalized spacial score (nSPS) is 15.3. The zero-order valence-corrected chi connectivity index (χ0v) is 16.9. The first kappa shape index (κ1) is 18.0. The maximum absolute atomic E-state index is 12.9. The molecule has 0 atom stereocenters. The third-order valence-electron chi connectivity index (χ3n) is 6.35. The van der Waals surface area contributed by atoms with Gasteiger partial charge in [0.05, 0.1) is 0 Å². The number of carbonyl (C=O) groups excluding carboxylic acids is 1. The highest BCUT2D eigenvalue weighted by Crippen LogP contribution is 2.39. The number of amides is 1. The first-order valence-electron chi connectivity index (χ1n) is 10.3. The minimum Gasteiger partial charge on any atom is -0.438 e. The SMILES string of the molecule is Cc1cccc(NC(=O)c2cc3cc4c5c(c3oc2=N)CCCN5CCC4)c1C. The van der Waals surface area contributed by atoms with Crippen LogP contribution >= 0.6 is 0 Å². The molecule has 5 rings (SSSR count). The van der Waals surface area contributed by atoms with Gasteiger partial charge in [0.1, 0.15) is 11.1 Å². The number of anilines is 2. The molecular weight excluding hydrogens is 362 g/mol. The Morgan fingerprint density at radius 2 is 1.93 bits per heavy atom. The van der Waals surface area contributed by atoms with E-state index in [9.17, 15) is 4.79 Å². The summed E-state index contributed by atoms with van der Waals surface area (Å²) in [5.41, 5.74) is 7.74. The molecule has 0 aliphatic carbocycles. The Balaban J connectivity index is 1.60. The van der Waals surface area contributed by atoms with Crippen LogP contribution in [-0.2, 0) is 12.8 Å². The molecule has 0 bridgehead atoms. The van der Waals surface area contributed by atoms with E-state index in [2.05, 4.69) is 16.3 Å². The highest BCUT2D eigenvalue weighted by atomic mass is 16.3. The number of benzene rings is 2. The minimum atomic E-state index is -0.303. The Morgan fingerprint density at radius 3 is 2.76 bits per heavy atom. The van der Waals surface area contributed by atoms with E-state index in [1.54, 1.807) is 0 Å². The summed E-state index contributed by atoms with van der Waals surface area (Å²) < 4.78 is 5.96. The topological polar surface area (TPSA) is 69.3 Å². The molecule has 0 saturated heterocycles. The molecule has 0 saturated carbocycles. The number of hydrogen-bond donors (Lipinski definition) is 2. The van der Waals surface area contributed by atoms with Crippen molar-refractivity contribution < 1.29 is 9.21 Å². The van der Waals surface area contributed by atoms with Gasteiger partial charge in [-0.25, -0.2) is 0 Å². The zero-order chi connectivity index (χ0) is 20.1. The van der Waals surface area contributed by atoms with Gasteiger partial charge in [0, 0.05) is 35.4 Å². The lowest BCUT2D eigenvalue weighted by atomic mass is 9.90. The van der Waals surface area contributed by atoms with Crippen LogP contribution in [0.4, 0.5) is 11.4 Å². The van der Waals surface area contributed by atoms with Crippen LogP contribution in [-0.4, -0.2) is 19.0 Å². The summed E-state index contributed by atoms with van der Waals surface area (Å²) in [6.07, 6.45) is 4.28. The van der Waals surface area contributed by atoms with E-state index >= 15 is 0 Å². The van der Waals surface area contributed by atoms with Crippen molar-refractivity contribution in [1.29, 1.82) is 5.41 Å². The number of fused-ring (bicyclic) bond motifs is 2. The maximum atomic E-state index is 12.9. The average Bonchev–Trinajstić information content (AvgIpc) is 2.72. The molecule has 0 radical (unpaired) electrons. The van der Waals surface area contributed by atoms with Crippen molar-refractivity contribution in [3.63, 3.8) is 0 Å². The summed E-state index contributed by atoms with van der Waals surface area (Å²) in [4.78, 5) is 15.4. The van der Waals surface area contributed by atoms with Crippen LogP contribution in [0.1, 0.15) is 45.5 Å². The highest BCUT2D eigenvalue weighted by molar-refractivity contribution is 6.06. The fourth-order valence-corrected chi connectivity index (χ4v) is 4.71. The molecule has 5 nitrogen and oxygen atoms in total. The van der Waals surface area contributed by atoms with Crippen LogP contribution in [0.5, 0.6) is 0 Å². The van der Waals surface area contributed by atoms with Crippen molar-refractivity contribution >= 4 is 28.3 Å². The lowest BCUT2D eigenvalue weighted by Gasteiger charge is -2.37. The molecule has 0 unspecified atom stereocenters. The number of rotatable bonds is 2. The number of hydrogen-bond acceptors (Lipinski definition) is 4. The molecule has 0 spiro atoms. The molecule has 0 fully saturated rings. The van der Waals surface area contributed by atoms with Crippen LogP contribution in [0.3, 0.4) is 0 Å². The molecular formula is C24H25N3O2. The summed E-state index contributed by atoms with van der Waals surface area (Å²) in [5, 5.41) is 12.3. The van der Waals surface area contributed by atoms with Gasteiger partial charge in [-0.15, -0.1) is 0 Å². The second-order valence-corrected chi connectivity index (χ2v) is 8.17. The Hall–Kier alpha value is -3.08. The van der Waals surface area contributed by atoms with Crippen LogP contribution < -0.4 is 15.8 Å². The fourth-order valence-electron chi connectivity index (χ4n) is 4.71. The fraction of sp³-hybridized carbons (Fsp3) is 0.333. The molecule has 2 aromatic carbocycles. The van der Waals surface area contributed by atoms with Gasteiger partial charge in [-0.3, -0.25) is 10.2 Å². The standard InChI is InChI=1S/C24H25N3O2/c1-14-6-3-9-20(15(14)2)26-24(28)19-13-17-12-16-7-4-10-27-11-5-8-18(21(16)27)22(17)29-23(19)25/h3,6,9,12-13,25H,4-5,7-8,10-11H2,1-2H3,(H,26,28). The van der Waals surface area contributed by atoms with Crippen molar-refractivity contribution in [1.82, 2.24) is 0 Å². The summed E-state index contributed by atoms with van der Waals surface area (Å²) in [7, 11) is 0. The second-order valence-electron chi connectivity index (χ2n) is 8.17. The Kier molecular flexibility index (Phi) is 4.19. The molecule has 2 N–H and O–H groups in total. The molecule has 1 amide bonds. The van der Waals surface area contributed by atoms with Crippen LogP contribution in [0.25, 0.3) is 11.0 Å². The van der Waals surface area contributed by atoms with Gasteiger partial charge in [0.2, 0.25) is 5.55 Å². The summed E-state index contributed by atoms with van der Waals surface area (Å²) in [6.45, 7) is 6.19. The predicted molar refractivity (Wildman–Crippen MR) is 115 cm³/mol. The maximum Gasteiger partial charge on any atom is 0.261 e. The van der Waals surface area contributed by atoms with Gasteiger partial charge < -0.3 is 14.6 Å². The monoisotopic (exact) mass is 387 g/mol. The van der Waals surface area contributed by atoms with Gasteiger partial charge in [0.15, 0.2) is 0 Å². The molecule has 5 heteroatoms. The van der Waals surface area contributed by atoms with Crippen LogP contribution in [0.15, 0.2) is 34.7 Å². The largest absolute Gasteiger partial charge is 0.438 e. The molecule has 3 aromatic rings. The van der Waals surface area contributed by atoms with Crippen molar-refractivity contribution in [2.24, 2.45) is 0 Å². The van der Waals surface area contributed by atoms with E-state index in [-0.39, 0.29) is 17.0 Å². The van der Waals surface area contributed by atoms with Gasteiger partial charge in [0.25, 0.3) is 5.91 Å². The minimum absolute atomic E-state index is 0.0792. The van der Waals surface area contributed by atoms with Gasteiger partial charge in [-0.1, -0.05) is 12.1 Å². The van der Waals surface area contributed by atoms with E-state index in [0.29, 0.717) is 0 Å². The first-order chi connectivity index (χ1) is 14.0. The molecule has 148 valence electrons. The first-order valence-corrected chi connectivity index (χ1v) is 10.3. The molecule has 29 heavy (non-hydrogen) atoms. The van der Waals surface area contributed by atoms with Gasteiger partial charge in [-0.05, 0) is 74.4 Å². The third-order valence-corrected chi connectivity index (χ3v) is 6.35. The average molecular weight is 387 g/mol.